The molecule has 1 aromatic heterocycles. The van der Waals surface area contributed by atoms with Crippen LogP contribution < -0.4 is 10.6 Å². The summed E-state index contributed by atoms with van der Waals surface area (Å²) in [6, 6.07) is 9.86. The third-order valence-corrected chi connectivity index (χ3v) is 5.13. The number of hydrogen-bond acceptors (Lipinski definition) is 3. The van der Waals surface area contributed by atoms with Crippen molar-refractivity contribution in [2.45, 2.75) is 58.0 Å². The monoisotopic (exact) mass is 354 g/mol. The van der Waals surface area contributed by atoms with Crippen molar-refractivity contribution in [2.24, 2.45) is 0 Å². The lowest BCUT2D eigenvalue weighted by Gasteiger charge is -2.32. The molecule has 2 heterocycles. The minimum absolute atomic E-state index is 0.0516. The molecule has 0 unspecified atom stereocenters. The number of aryl methyl sites for hydroxylation is 2. The number of amides is 2. The summed E-state index contributed by atoms with van der Waals surface area (Å²) in [6.45, 7) is 4.26. The molecule has 1 atom stereocenters. The zero-order valence-electron chi connectivity index (χ0n) is 15.4. The van der Waals surface area contributed by atoms with Crippen LogP contribution in [0.15, 0.2) is 30.3 Å². The minimum Gasteiger partial charge on any atom is -0.350 e. The maximum Gasteiger partial charge on any atom is 0.246 e. The zero-order valence-corrected chi connectivity index (χ0v) is 15.4. The largest absolute Gasteiger partial charge is 0.350 e. The van der Waals surface area contributed by atoms with E-state index in [1.165, 1.54) is 0 Å². The molecule has 1 aromatic carbocycles. The van der Waals surface area contributed by atoms with Gasteiger partial charge in [0.25, 0.3) is 0 Å². The first-order valence-electron chi connectivity index (χ1n) is 9.14. The maximum absolute atomic E-state index is 13.2. The highest BCUT2D eigenvalue weighted by Gasteiger charge is 2.40. The van der Waals surface area contributed by atoms with Gasteiger partial charge < -0.3 is 10.6 Å². The van der Waals surface area contributed by atoms with Gasteiger partial charge in [-0.1, -0.05) is 36.8 Å². The number of rotatable bonds is 5. The summed E-state index contributed by atoms with van der Waals surface area (Å²) >= 11 is 0. The van der Waals surface area contributed by atoms with Gasteiger partial charge in [-0.2, -0.15) is 5.10 Å². The Hall–Kier alpha value is -2.63. The van der Waals surface area contributed by atoms with Gasteiger partial charge in [0.15, 0.2) is 0 Å². The Morgan fingerprint density at radius 3 is 2.69 bits per heavy atom. The molecule has 6 nitrogen and oxygen atoms in total. The SMILES string of the molecule is Cc1n[nH]c(C)c1CNC(=O)[C@]1(Cc2ccccc2)CCCCC(=O)N1. The van der Waals surface area contributed by atoms with Gasteiger partial charge in [0, 0.05) is 30.6 Å². The van der Waals surface area contributed by atoms with Crippen LogP contribution in [0.5, 0.6) is 0 Å². The number of aromatic amines is 1. The molecule has 0 saturated carbocycles. The van der Waals surface area contributed by atoms with Crippen LogP contribution in [0.4, 0.5) is 0 Å². The van der Waals surface area contributed by atoms with Crippen LogP contribution in [0.2, 0.25) is 0 Å². The van der Waals surface area contributed by atoms with E-state index in [0.29, 0.717) is 25.8 Å². The number of H-pyrrole nitrogens is 1. The summed E-state index contributed by atoms with van der Waals surface area (Å²) in [7, 11) is 0. The number of carbonyl (C=O) groups is 2. The predicted molar refractivity (Wildman–Crippen MR) is 99.4 cm³/mol. The van der Waals surface area contributed by atoms with Crippen LogP contribution in [0.25, 0.3) is 0 Å². The highest BCUT2D eigenvalue weighted by molar-refractivity contribution is 5.92. The van der Waals surface area contributed by atoms with Gasteiger partial charge in [-0.25, -0.2) is 0 Å². The predicted octanol–water partition coefficient (Wildman–Crippen LogP) is 2.31. The Labute approximate surface area is 153 Å². The normalized spacial score (nSPS) is 20.3. The third kappa shape index (κ3) is 3.95. The van der Waals surface area contributed by atoms with Gasteiger partial charge >= 0.3 is 0 Å². The fourth-order valence-electron chi connectivity index (χ4n) is 3.60. The molecule has 6 heteroatoms. The van der Waals surface area contributed by atoms with E-state index in [-0.39, 0.29) is 11.8 Å². The van der Waals surface area contributed by atoms with Crippen molar-refractivity contribution in [3.8, 4) is 0 Å². The highest BCUT2D eigenvalue weighted by Crippen LogP contribution is 2.25. The molecule has 1 aliphatic rings. The zero-order chi connectivity index (χ0) is 18.6. The van der Waals surface area contributed by atoms with E-state index < -0.39 is 5.54 Å². The van der Waals surface area contributed by atoms with Crippen molar-refractivity contribution < 1.29 is 9.59 Å². The maximum atomic E-state index is 13.2. The molecule has 0 radical (unpaired) electrons. The van der Waals surface area contributed by atoms with E-state index in [0.717, 1.165) is 35.4 Å². The molecular weight excluding hydrogens is 328 g/mol. The van der Waals surface area contributed by atoms with Crippen molar-refractivity contribution in [1.29, 1.82) is 0 Å². The molecule has 0 spiro atoms. The number of carbonyl (C=O) groups excluding carboxylic acids is 2. The van der Waals surface area contributed by atoms with Crippen LogP contribution >= 0.6 is 0 Å². The van der Waals surface area contributed by atoms with Crippen molar-refractivity contribution >= 4 is 11.8 Å². The average Bonchev–Trinajstić information content (AvgIpc) is 2.83. The summed E-state index contributed by atoms with van der Waals surface area (Å²) in [4.78, 5) is 25.4. The molecular formula is C20H26N4O2. The molecule has 2 aromatic rings. The second-order valence-corrected chi connectivity index (χ2v) is 7.10. The molecule has 2 amide bonds. The van der Waals surface area contributed by atoms with Gasteiger partial charge in [0.05, 0.1) is 5.69 Å². The molecule has 26 heavy (non-hydrogen) atoms. The Morgan fingerprint density at radius 1 is 1.23 bits per heavy atom. The Kier molecular flexibility index (Phi) is 5.40. The number of aromatic nitrogens is 2. The molecule has 0 aliphatic carbocycles. The van der Waals surface area contributed by atoms with Gasteiger partial charge in [-0.15, -0.1) is 0 Å². The van der Waals surface area contributed by atoms with E-state index in [2.05, 4.69) is 20.8 Å². The van der Waals surface area contributed by atoms with E-state index in [4.69, 9.17) is 0 Å². The molecule has 3 rings (SSSR count). The van der Waals surface area contributed by atoms with E-state index >= 15 is 0 Å². The highest BCUT2D eigenvalue weighted by atomic mass is 16.2. The molecule has 3 N–H and O–H groups in total. The van der Waals surface area contributed by atoms with Crippen LogP contribution in [0.1, 0.15) is 48.2 Å². The average molecular weight is 354 g/mol. The minimum atomic E-state index is -0.902. The van der Waals surface area contributed by atoms with Crippen molar-refractivity contribution in [1.82, 2.24) is 20.8 Å². The fourth-order valence-corrected chi connectivity index (χ4v) is 3.60. The van der Waals surface area contributed by atoms with Crippen molar-refractivity contribution in [3.05, 3.63) is 52.8 Å². The third-order valence-electron chi connectivity index (χ3n) is 5.13. The first-order valence-corrected chi connectivity index (χ1v) is 9.14. The lowest BCUT2D eigenvalue weighted by atomic mass is 9.85. The molecule has 0 bridgehead atoms. The standard InChI is InChI=1S/C20H26N4O2/c1-14-17(15(2)24-23-14)13-21-19(26)20(11-7-6-10-18(25)22-20)12-16-8-4-3-5-9-16/h3-5,8-9H,6-7,10-13H2,1-2H3,(H,21,26)(H,22,25)(H,23,24)/t20-/m1/s1. The van der Waals surface area contributed by atoms with Crippen LogP contribution in [0, 0.1) is 13.8 Å². The summed E-state index contributed by atoms with van der Waals surface area (Å²) < 4.78 is 0. The first kappa shape index (κ1) is 18.2. The fraction of sp³-hybridized carbons (Fsp3) is 0.450. The van der Waals surface area contributed by atoms with Gasteiger partial charge in [-0.05, 0) is 32.3 Å². The molecule has 1 saturated heterocycles. The van der Waals surface area contributed by atoms with E-state index in [1.54, 1.807) is 0 Å². The number of hydrogen-bond donors (Lipinski definition) is 3. The summed E-state index contributed by atoms with van der Waals surface area (Å²) in [5.41, 5.74) is 2.96. The quantitative estimate of drug-likeness (QED) is 0.770. The molecule has 1 aliphatic heterocycles. The van der Waals surface area contributed by atoms with E-state index in [1.807, 2.05) is 44.2 Å². The Morgan fingerprint density at radius 2 is 2.00 bits per heavy atom. The number of nitrogens with zero attached hydrogens (tertiary/aromatic N) is 1. The second-order valence-electron chi connectivity index (χ2n) is 7.10. The smallest absolute Gasteiger partial charge is 0.246 e. The summed E-state index contributed by atoms with van der Waals surface area (Å²) in [5.74, 6) is -0.180. The second kappa shape index (κ2) is 7.72. The van der Waals surface area contributed by atoms with Crippen LogP contribution in [-0.2, 0) is 22.6 Å². The first-order chi connectivity index (χ1) is 12.5. The van der Waals surface area contributed by atoms with Crippen molar-refractivity contribution in [2.75, 3.05) is 0 Å². The van der Waals surface area contributed by atoms with Crippen LogP contribution in [0.3, 0.4) is 0 Å². The molecule has 138 valence electrons. The van der Waals surface area contributed by atoms with Crippen molar-refractivity contribution in [3.63, 3.8) is 0 Å². The van der Waals surface area contributed by atoms with Gasteiger partial charge in [0.2, 0.25) is 11.8 Å². The van der Waals surface area contributed by atoms with Gasteiger partial charge in [0.1, 0.15) is 5.54 Å². The lowest BCUT2D eigenvalue weighted by Crippen LogP contribution is -2.59. The Balaban J connectivity index is 1.82. The van der Waals surface area contributed by atoms with E-state index in [9.17, 15) is 9.59 Å². The lowest BCUT2D eigenvalue weighted by molar-refractivity contribution is -0.133. The topological polar surface area (TPSA) is 86.9 Å². The van der Waals surface area contributed by atoms with Crippen LogP contribution in [-0.4, -0.2) is 27.6 Å². The number of benzene rings is 1. The molecule has 1 fully saturated rings. The van der Waals surface area contributed by atoms with Gasteiger partial charge in [-0.3, -0.25) is 14.7 Å². The number of nitrogens with one attached hydrogen (secondary N) is 3. The summed E-state index contributed by atoms with van der Waals surface area (Å²) in [5, 5.41) is 13.2. The summed E-state index contributed by atoms with van der Waals surface area (Å²) in [6.07, 6.45) is 3.28. The Bertz CT molecular complexity index is 765.